The van der Waals surface area contributed by atoms with Crippen LogP contribution in [0.25, 0.3) is 0 Å². The Bertz CT molecular complexity index is 307. The molecule has 0 aliphatic rings. The number of carboxylic acid groups (broad SMARTS) is 2. The van der Waals surface area contributed by atoms with Crippen LogP contribution in [0.4, 0.5) is 0 Å². The lowest BCUT2D eigenvalue weighted by Gasteiger charge is -2.10. The summed E-state index contributed by atoms with van der Waals surface area (Å²) in [4.78, 5) is 21.0. The Morgan fingerprint density at radius 3 is 2.00 bits per heavy atom. The minimum Gasteiger partial charge on any atom is -0.481 e. The van der Waals surface area contributed by atoms with E-state index in [9.17, 15) is 9.59 Å². The van der Waals surface area contributed by atoms with E-state index >= 15 is 0 Å². The first-order chi connectivity index (χ1) is 8.31. The first-order valence-corrected chi connectivity index (χ1v) is 6.40. The van der Waals surface area contributed by atoms with E-state index in [4.69, 9.17) is 10.2 Å². The van der Waals surface area contributed by atoms with Gasteiger partial charge in [-0.1, -0.05) is 25.5 Å². The monoisotopic (exact) mass is 256 g/mol. The van der Waals surface area contributed by atoms with Gasteiger partial charge in [-0.15, -0.1) is 0 Å². The van der Waals surface area contributed by atoms with Crippen molar-refractivity contribution in [2.24, 2.45) is 11.8 Å². The summed E-state index contributed by atoms with van der Waals surface area (Å²) in [5.74, 6) is -1.18. The Morgan fingerprint density at radius 2 is 1.50 bits per heavy atom. The fourth-order valence-electron chi connectivity index (χ4n) is 2.02. The van der Waals surface area contributed by atoms with Crippen LogP contribution in [-0.4, -0.2) is 22.2 Å². The molecule has 0 fully saturated rings. The Kier molecular flexibility index (Phi) is 8.08. The molecule has 2 atom stereocenters. The summed E-state index contributed by atoms with van der Waals surface area (Å²) in [5.41, 5.74) is 1.19. The molecular formula is C14H24O4. The Balaban J connectivity index is 3.90. The number of rotatable bonds is 9. The molecule has 2 unspecified atom stereocenters. The molecule has 0 aromatic carbocycles. The quantitative estimate of drug-likeness (QED) is 0.620. The van der Waals surface area contributed by atoms with Crippen LogP contribution in [0.2, 0.25) is 0 Å². The van der Waals surface area contributed by atoms with Crippen LogP contribution in [0.3, 0.4) is 0 Å². The molecule has 0 rings (SSSR count). The van der Waals surface area contributed by atoms with Gasteiger partial charge in [0.15, 0.2) is 0 Å². The first kappa shape index (κ1) is 16.7. The second-order valence-electron chi connectivity index (χ2n) is 5.24. The molecular weight excluding hydrogens is 232 g/mol. The van der Waals surface area contributed by atoms with Gasteiger partial charge in [-0.25, -0.2) is 0 Å². The van der Waals surface area contributed by atoms with Gasteiger partial charge < -0.3 is 10.2 Å². The number of allylic oxidation sites excluding steroid dienone is 2. The van der Waals surface area contributed by atoms with Crippen LogP contribution in [0.1, 0.15) is 52.9 Å². The lowest BCUT2D eigenvalue weighted by molar-refractivity contribution is -0.139. The van der Waals surface area contributed by atoms with E-state index in [1.165, 1.54) is 5.57 Å². The van der Waals surface area contributed by atoms with Crippen molar-refractivity contribution in [2.45, 2.75) is 52.9 Å². The molecule has 0 saturated heterocycles. The SMILES string of the molecule is CC(=CCCC(C)CC(=O)O)CC(C)CC(=O)O. The second-order valence-corrected chi connectivity index (χ2v) is 5.24. The molecule has 0 aromatic heterocycles. The molecule has 0 amide bonds. The summed E-state index contributed by atoms with van der Waals surface area (Å²) in [6.45, 7) is 5.86. The average molecular weight is 256 g/mol. The van der Waals surface area contributed by atoms with E-state index in [0.717, 1.165) is 19.3 Å². The molecule has 0 aromatic rings. The highest BCUT2D eigenvalue weighted by molar-refractivity contribution is 5.67. The Labute approximate surface area is 109 Å². The predicted octanol–water partition coefficient (Wildman–Crippen LogP) is 3.32. The third-order valence-corrected chi connectivity index (χ3v) is 2.87. The highest BCUT2D eigenvalue weighted by atomic mass is 16.4. The van der Waals surface area contributed by atoms with Gasteiger partial charge in [-0.3, -0.25) is 9.59 Å². The summed E-state index contributed by atoms with van der Waals surface area (Å²) in [7, 11) is 0. The molecule has 0 aliphatic carbocycles. The van der Waals surface area contributed by atoms with Crippen molar-refractivity contribution in [3.8, 4) is 0 Å². The third-order valence-electron chi connectivity index (χ3n) is 2.87. The molecule has 4 nitrogen and oxygen atoms in total. The molecule has 18 heavy (non-hydrogen) atoms. The van der Waals surface area contributed by atoms with E-state index in [1.807, 2.05) is 20.8 Å². The number of aliphatic carboxylic acids is 2. The van der Waals surface area contributed by atoms with Crippen LogP contribution in [0.5, 0.6) is 0 Å². The normalized spacial score (nSPS) is 15.2. The fourth-order valence-corrected chi connectivity index (χ4v) is 2.02. The average Bonchev–Trinajstić information content (AvgIpc) is 2.13. The number of hydrogen-bond acceptors (Lipinski definition) is 2. The largest absolute Gasteiger partial charge is 0.481 e. The van der Waals surface area contributed by atoms with Crippen LogP contribution in [0.15, 0.2) is 11.6 Å². The number of carbonyl (C=O) groups is 2. The maximum absolute atomic E-state index is 10.5. The van der Waals surface area contributed by atoms with Crippen LogP contribution >= 0.6 is 0 Å². The highest BCUT2D eigenvalue weighted by Gasteiger charge is 2.09. The van der Waals surface area contributed by atoms with Gasteiger partial charge in [0.05, 0.1) is 0 Å². The number of carboxylic acids is 2. The van der Waals surface area contributed by atoms with E-state index in [-0.39, 0.29) is 24.7 Å². The predicted molar refractivity (Wildman–Crippen MR) is 70.4 cm³/mol. The molecule has 2 N–H and O–H groups in total. The zero-order valence-electron chi connectivity index (χ0n) is 11.5. The van der Waals surface area contributed by atoms with Gasteiger partial charge in [0.1, 0.15) is 0 Å². The van der Waals surface area contributed by atoms with Crippen molar-refractivity contribution in [3.05, 3.63) is 11.6 Å². The minimum atomic E-state index is -0.759. The summed E-state index contributed by atoms with van der Waals surface area (Å²) in [6.07, 6.45) is 5.01. The fraction of sp³-hybridized carbons (Fsp3) is 0.714. The molecule has 0 heterocycles. The third kappa shape index (κ3) is 9.87. The smallest absolute Gasteiger partial charge is 0.303 e. The van der Waals surface area contributed by atoms with Crippen molar-refractivity contribution >= 4 is 11.9 Å². The lowest BCUT2D eigenvalue weighted by atomic mass is 9.96. The Morgan fingerprint density at radius 1 is 1.00 bits per heavy atom. The molecule has 4 heteroatoms. The molecule has 0 aliphatic heterocycles. The Hall–Kier alpha value is -1.32. The van der Waals surface area contributed by atoms with Gasteiger partial charge in [0, 0.05) is 12.8 Å². The van der Waals surface area contributed by atoms with Gasteiger partial charge >= 0.3 is 11.9 Å². The van der Waals surface area contributed by atoms with Crippen molar-refractivity contribution in [1.82, 2.24) is 0 Å². The van der Waals surface area contributed by atoms with Crippen LogP contribution in [0, 0.1) is 11.8 Å². The van der Waals surface area contributed by atoms with Gasteiger partial charge in [-0.05, 0) is 38.0 Å². The zero-order chi connectivity index (χ0) is 14.1. The van der Waals surface area contributed by atoms with Gasteiger partial charge in [-0.2, -0.15) is 0 Å². The lowest BCUT2D eigenvalue weighted by Crippen LogP contribution is -2.05. The van der Waals surface area contributed by atoms with Crippen molar-refractivity contribution in [1.29, 1.82) is 0 Å². The number of hydrogen-bond donors (Lipinski definition) is 2. The van der Waals surface area contributed by atoms with Crippen molar-refractivity contribution < 1.29 is 19.8 Å². The van der Waals surface area contributed by atoms with Gasteiger partial charge in [0.2, 0.25) is 0 Å². The maximum atomic E-state index is 10.5. The molecule has 0 spiro atoms. The highest BCUT2D eigenvalue weighted by Crippen LogP contribution is 2.17. The maximum Gasteiger partial charge on any atom is 0.303 e. The van der Waals surface area contributed by atoms with E-state index in [0.29, 0.717) is 0 Å². The van der Waals surface area contributed by atoms with Crippen molar-refractivity contribution in [2.75, 3.05) is 0 Å². The van der Waals surface area contributed by atoms with E-state index < -0.39 is 11.9 Å². The summed E-state index contributed by atoms with van der Waals surface area (Å²) >= 11 is 0. The van der Waals surface area contributed by atoms with Gasteiger partial charge in [0.25, 0.3) is 0 Å². The molecule has 0 bridgehead atoms. The standard InChI is InChI=1S/C14H24O4/c1-10(7-12(3)9-14(17)18)5-4-6-11(2)8-13(15)16/h5,11-12H,4,6-9H2,1-3H3,(H,15,16)(H,17,18). The second kappa shape index (κ2) is 8.72. The summed E-state index contributed by atoms with van der Waals surface area (Å²) < 4.78 is 0. The summed E-state index contributed by atoms with van der Waals surface area (Å²) in [5, 5.41) is 17.3. The van der Waals surface area contributed by atoms with E-state index in [2.05, 4.69) is 6.08 Å². The molecule has 0 radical (unpaired) electrons. The first-order valence-electron chi connectivity index (χ1n) is 6.40. The molecule has 104 valence electrons. The van der Waals surface area contributed by atoms with Crippen LogP contribution in [-0.2, 0) is 9.59 Å². The van der Waals surface area contributed by atoms with E-state index in [1.54, 1.807) is 0 Å². The zero-order valence-corrected chi connectivity index (χ0v) is 11.5. The summed E-state index contributed by atoms with van der Waals surface area (Å²) in [6, 6.07) is 0. The van der Waals surface area contributed by atoms with Crippen LogP contribution < -0.4 is 0 Å². The minimum absolute atomic E-state index is 0.148. The van der Waals surface area contributed by atoms with Crippen molar-refractivity contribution in [3.63, 3.8) is 0 Å². The molecule has 0 saturated carbocycles. The topological polar surface area (TPSA) is 74.6 Å².